The van der Waals surface area contributed by atoms with Gasteiger partial charge in [0.05, 0.1) is 5.51 Å². The average molecular weight is 494 g/mol. The summed E-state index contributed by atoms with van der Waals surface area (Å²) in [6.45, 7) is 2.02. The molecule has 1 unspecified atom stereocenters. The number of carboxylic acids is 1. The second kappa shape index (κ2) is 11.1. The number of carbonyl (C=O) groups is 3. The maximum atomic E-state index is 12.6. The molecular formula is C26H27N3O5S. The SMILES string of the molecule is CC[C@@H](CC(=O)NC(Cc1cncs1)C(=O)O)NC(=O)OCC1c2ccccc2-c2ccccc21. The van der Waals surface area contributed by atoms with Gasteiger partial charge in [-0.25, -0.2) is 9.59 Å². The zero-order chi connectivity index (χ0) is 24.8. The third kappa shape index (κ3) is 5.86. The molecule has 3 N–H and O–H groups in total. The predicted octanol–water partition coefficient (Wildman–Crippen LogP) is 3.96. The summed E-state index contributed by atoms with van der Waals surface area (Å²) in [4.78, 5) is 41.3. The van der Waals surface area contributed by atoms with Crippen LogP contribution in [0.3, 0.4) is 0 Å². The minimum atomic E-state index is -1.12. The van der Waals surface area contributed by atoms with Crippen molar-refractivity contribution in [2.45, 2.75) is 44.2 Å². The highest BCUT2D eigenvalue weighted by Gasteiger charge is 2.29. The van der Waals surface area contributed by atoms with E-state index in [1.54, 1.807) is 11.7 Å². The lowest BCUT2D eigenvalue weighted by molar-refractivity contribution is -0.141. The number of nitrogens with zero attached hydrogens (tertiary/aromatic N) is 1. The van der Waals surface area contributed by atoms with Gasteiger partial charge in [-0.2, -0.15) is 0 Å². The summed E-state index contributed by atoms with van der Waals surface area (Å²) < 4.78 is 5.56. The largest absolute Gasteiger partial charge is 0.480 e. The third-order valence-electron chi connectivity index (χ3n) is 6.11. The smallest absolute Gasteiger partial charge is 0.407 e. The van der Waals surface area contributed by atoms with Crippen LogP contribution in [0.15, 0.2) is 60.2 Å². The summed E-state index contributed by atoms with van der Waals surface area (Å²) in [6, 6.07) is 14.6. The first-order valence-corrected chi connectivity index (χ1v) is 12.3. The zero-order valence-electron chi connectivity index (χ0n) is 19.3. The van der Waals surface area contributed by atoms with Gasteiger partial charge in [0, 0.05) is 35.9 Å². The maximum Gasteiger partial charge on any atom is 0.407 e. The molecule has 1 aliphatic rings. The van der Waals surface area contributed by atoms with Gasteiger partial charge in [-0.05, 0) is 28.7 Å². The molecule has 0 bridgehead atoms. The number of carbonyl (C=O) groups excluding carboxylic acids is 2. The number of thiazole rings is 1. The van der Waals surface area contributed by atoms with Crippen molar-refractivity contribution in [1.82, 2.24) is 15.6 Å². The van der Waals surface area contributed by atoms with E-state index in [2.05, 4.69) is 27.8 Å². The van der Waals surface area contributed by atoms with E-state index in [0.717, 1.165) is 27.1 Å². The highest BCUT2D eigenvalue weighted by atomic mass is 32.1. The molecule has 2 atom stereocenters. The quantitative estimate of drug-likeness (QED) is 0.394. The van der Waals surface area contributed by atoms with E-state index in [-0.39, 0.29) is 25.4 Å². The zero-order valence-corrected chi connectivity index (χ0v) is 20.1. The van der Waals surface area contributed by atoms with Gasteiger partial charge in [-0.1, -0.05) is 55.5 Å². The van der Waals surface area contributed by atoms with Gasteiger partial charge >= 0.3 is 12.1 Å². The summed E-state index contributed by atoms with van der Waals surface area (Å²) in [6.07, 6.45) is 1.57. The molecule has 1 aliphatic carbocycles. The fraction of sp³-hybridized carbons (Fsp3) is 0.308. The van der Waals surface area contributed by atoms with E-state index in [9.17, 15) is 19.5 Å². The van der Waals surface area contributed by atoms with Crippen molar-refractivity contribution >= 4 is 29.3 Å². The number of rotatable bonds is 10. The van der Waals surface area contributed by atoms with Gasteiger partial charge in [0.1, 0.15) is 12.6 Å². The van der Waals surface area contributed by atoms with Crippen molar-refractivity contribution in [3.8, 4) is 11.1 Å². The number of ether oxygens (including phenoxy) is 1. The minimum Gasteiger partial charge on any atom is -0.480 e. The lowest BCUT2D eigenvalue weighted by Crippen LogP contribution is -2.45. The number of alkyl carbamates (subject to hydrolysis) is 1. The van der Waals surface area contributed by atoms with Crippen LogP contribution < -0.4 is 10.6 Å². The number of hydrogen-bond donors (Lipinski definition) is 3. The molecule has 0 fully saturated rings. The van der Waals surface area contributed by atoms with E-state index < -0.39 is 30.1 Å². The summed E-state index contributed by atoms with van der Waals surface area (Å²) in [5, 5.41) is 14.7. The number of hydrogen-bond acceptors (Lipinski definition) is 6. The van der Waals surface area contributed by atoms with Crippen LogP contribution in [0.2, 0.25) is 0 Å². The van der Waals surface area contributed by atoms with Crippen molar-refractivity contribution in [1.29, 1.82) is 0 Å². The van der Waals surface area contributed by atoms with E-state index in [0.29, 0.717) is 6.42 Å². The number of aromatic nitrogens is 1. The molecule has 0 spiro atoms. The van der Waals surface area contributed by atoms with Crippen LogP contribution in [-0.2, 0) is 20.7 Å². The Labute approximate surface area is 207 Å². The Morgan fingerprint density at radius 2 is 1.71 bits per heavy atom. The number of nitrogens with one attached hydrogen (secondary N) is 2. The Hall–Kier alpha value is -3.72. The Balaban J connectivity index is 1.31. The molecular weight excluding hydrogens is 466 g/mol. The van der Waals surface area contributed by atoms with Crippen LogP contribution in [0, 0.1) is 0 Å². The molecule has 0 aliphatic heterocycles. The lowest BCUT2D eigenvalue weighted by atomic mass is 9.98. The molecule has 1 aromatic heterocycles. The fourth-order valence-electron chi connectivity index (χ4n) is 4.33. The van der Waals surface area contributed by atoms with Crippen LogP contribution in [0.1, 0.15) is 41.7 Å². The monoisotopic (exact) mass is 493 g/mol. The first-order valence-electron chi connectivity index (χ1n) is 11.5. The highest BCUT2D eigenvalue weighted by Crippen LogP contribution is 2.44. The lowest BCUT2D eigenvalue weighted by Gasteiger charge is -2.20. The van der Waals surface area contributed by atoms with Crippen LogP contribution in [-0.4, -0.2) is 46.8 Å². The van der Waals surface area contributed by atoms with E-state index in [4.69, 9.17) is 4.74 Å². The Morgan fingerprint density at radius 1 is 1.06 bits per heavy atom. The first-order chi connectivity index (χ1) is 17.0. The van der Waals surface area contributed by atoms with Crippen LogP contribution in [0.25, 0.3) is 11.1 Å². The molecule has 0 saturated carbocycles. The van der Waals surface area contributed by atoms with Gasteiger partial charge < -0.3 is 20.5 Å². The fourth-order valence-corrected chi connectivity index (χ4v) is 4.97. The Kier molecular flexibility index (Phi) is 7.77. The standard InChI is InChI=1S/C26H27N3O5S/c1-2-16(11-24(30)29-23(25(31)32)12-17-13-27-15-35-17)28-26(33)34-14-22-20-9-5-3-7-18(20)19-8-4-6-10-21(19)22/h3-10,13,15-16,22-23H,2,11-12,14H2,1H3,(H,28,33)(H,29,30)(H,31,32)/t16-,23?/m0/s1. The maximum absolute atomic E-state index is 12.6. The summed E-state index contributed by atoms with van der Waals surface area (Å²) in [7, 11) is 0. The van der Waals surface area contributed by atoms with E-state index in [1.165, 1.54) is 11.3 Å². The average Bonchev–Trinajstić information content (AvgIpc) is 3.48. The molecule has 182 valence electrons. The topological polar surface area (TPSA) is 118 Å². The van der Waals surface area contributed by atoms with E-state index >= 15 is 0 Å². The number of benzene rings is 2. The van der Waals surface area contributed by atoms with Crippen molar-refractivity contribution < 1.29 is 24.2 Å². The molecule has 0 radical (unpaired) electrons. The van der Waals surface area contributed by atoms with Crippen LogP contribution >= 0.6 is 11.3 Å². The van der Waals surface area contributed by atoms with Crippen molar-refractivity contribution in [3.63, 3.8) is 0 Å². The molecule has 2 aromatic carbocycles. The van der Waals surface area contributed by atoms with Gasteiger partial charge in [0.25, 0.3) is 0 Å². The molecule has 9 heteroatoms. The minimum absolute atomic E-state index is 0.0484. The number of fused-ring (bicyclic) bond motifs is 3. The van der Waals surface area contributed by atoms with Gasteiger partial charge in [0.15, 0.2) is 0 Å². The summed E-state index contributed by atoms with van der Waals surface area (Å²) in [5.41, 5.74) is 6.14. The normalized spacial score (nSPS) is 13.9. The second-order valence-corrected chi connectivity index (χ2v) is 9.38. The number of aliphatic carboxylic acids is 1. The summed E-state index contributed by atoms with van der Waals surface area (Å²) >= 11 is 1.33. The Morgan fingerprint density at radius 3 is 2.29 bits per heavy atom. The summed E-state index contributed by atoms with van der Waals surface area (Å²) in [5.74, 6) is -1.63. The van der Waals surface area contributed by atoms with Gasteiger partial charge in [-0.15, -0.1) is 11.3 Å². The highest BCUT2D eigenvalue weighted by molar-refractivity contribution is 7.09. The van der Waals surface area contributed by atoms with Crippen molar-refractivity contribution in [2.75, 3.05) is 6.61 Å². The Bertz CT molecular complexity index is 1150. The number of amides is 2. The van der Waals surface area contributed by atoms with Crippen molar-refractivity contribution in [3.05, 3.63) is 76.2 Å². The molecule has 1 heterocycles. The van der Waals surface area contributed by atoms with Crippen LogP contribution in [0.4, 0.5) is 4.79 Å². The molecule has 3 aromatic rings. The first kappa shape index (κ1) is 24.4. The number of carboxylic acid groups (broad SMARTS) is 1. The molecule has 8 nitrogen and oxygen atoms in total. The van der Waals surface area contributed by atoms with E-state index in [1.807, 2.05) is 43.3 Å². The predicted molar refractivity (Wildman–Crippen MR) is 132 cm³/mol. The van der Waals surface area contributed by atoms with Gasteiger partial charge in [0.2, 0.25) is 5.91 Å². The molecule has 35 heavy (non-hydrogen) atoms. The van der Waals surface area contributed by atoms with Gasteiger partial charge in [-0.3, -0.25) is 9.78 Å². The molecule has 0 saturated heterocycles. The second-order valence-electron chi connectivity index (χ2n) is 8.41. The molecule has 2 amide bonds. The van der Waals surface area contributed by atoms with Crippen molar-refractivity contribution in [2.24, 2.45) is 0 Å². The van der Waals surface area contributed by atoms with Crippen LogP contribution in [0.5, 0.6) is 0 Å². The third-order valence-corrected chi connectivity index (χ3v) is 6.91. The molecule has 4 rings (SSSR count).